The van der Waals surface area contributed by atoms with E-state index in [4.69, 9.17) is 0 Å². The quantitative estimate of drug-likeness (QED) is 0.431. The summed E-state index contributed by atoms with van der Waals surface area (Å²) in [5, 5.41) is 27.9. The second-order valence-electron chi connectivity index (χ2n) is 9.85. The molecular formula is C20H40N4O2. The highest BCUT2D eigenvalue weighted by atomic mass is 16.3. The molecule has 2 aliphatic heterocycles. The Kier molecular flexibility index (Phi) is 6.63. The molecule has 2 saturated heterocycles. The standard InChI is InChI=1S/C20H40N4O2/c1-12(2)13-5-6-15(17(25)9-13)18-14-7-8-21-10-16(14)19(24-23-18)22-11-20(3,4)26/h12-19,21-26H,5-11H2,1-4H3. The number of nitrogens with one attached hydrogen (secondary N) is 4. The lowest BCUT2D eigenvalue weighted by Gasteiger charge is -2.51. The van der Waals surface area contributed by atoms with Crippen LogP contribution in [0.4, 0.5) is 0 Å². The van der Waals surface area contributed by atoms with Gasteiger partial charge in [0, 0.05) is 31.0 Å². The lowest BCUT2D eigenvalue weighted by atomic mass is 9.66. The van der Waals surface area contributed by atoms with Gasteiger partial charge in [-0.25, -0.2) is 5.43 Å². The van der Waals surface area contributed by atoms with Crippen LogP contribution in [0.2, 0.25) is 0 Å². The van der Waals surface area contributed by atoms with Crippen molar-refractivity contribution in [1.29, 1.82) is 0 Å². The average molecular weight is 369 g/mol. The normalized spacial score (nSPS) is 41.9. The van der Waals surface area contributed by atoms with Gasteiger partial charge >= 0.3 is 0 Å². The third kappa shape index (κ3) is 4.78. The first kappa shape index (κ1) is 20.5. The van der Waals surface area contributed by atoms with E-state index in [0.717, 1.165) is 32.4 Å². The summed E-state index contributed by atoms with van der Waals surface area (Å²) in [6.07, 6.45) is 4.36. The second-order valence-corrected chi connectivity index (χ2v) is 9.85. The maximum atomic E-state index is 10.9. The van der Waals surface area contributed by atoms with Crippen LogP contribution in [0.15, 0.2) is 0 Å². The molecule has 0 aromatic carbocycles. The van der Waals surface area contributed by atoms with Crippen molar-refractivity contribution in [2.24, 2.45) is 29.6 Å². The van der Waals surface area contributed by atoms with Crippen LogP contribution in [0.5, 0.6) is 0 Å². The van der Waals surface area contributed by atoms with Gasteiger partial charge in [0.1, 0.15) is 0 Å². The molecule has 0 bridgehead atoms. The van der Waals surface area contributed by atoms with Gasteiger partial charge in [0.05, 0.1) is 17.9 Å². The van der Waals surface area contributed by atoms with Crippen molar-refractivity contribution in [2.45, 2.75) is 77.3 Å². The van der Waals surface area contributed by atoms with Crippen molar-refractivity contribution in [3.63, 3.8) is 0 Å². The fourth-order valence-corrected chi connectivity index (χ4v) is 5.33. The van der Waals surface area contributed by atoms with Gasteiger partial charge in [0.15, 0.2) is 0 Å². The van der Waals surface area contributed by atoms with E-state index in [0.29, 0.717) is 42.2 Å². The zero-order chi connectivity index (χ0) is 18.9. The summed E-state index contributed by atoms with van der Waals surface area (Å²) in [5.41, 5.74) is 6.32. The number of fused-ring (bicyclic) bond motifs is 1. The lowest BCUT2D eigenvalue weighted by molar-refractivity contribution is -0.0386. The Bertz CT molecular complexity index is 454. The summed E-state index contributed by atoms with van der Waals surface area (Å²) in [6, 6.07) is 0.324. The van der Waals surface area contributed by atoms with E-state index in [9.17, 15) is 10.2 Å². The monoisotopic (exact) mass is 368 g/mol. The van der Waals surface area contributed by atoms with E-state index in [-0.39, 0.29) is 12.3 Å². The van der Waals surface area contributed by atoms with E-state index in [2.05, 4.69) is 35.3 Å². The van der Waals surface area contributed by atoms with Crippen molar-refractivity contribution in [1.82, 2.24) is 21.5 Å². The number of aliphatic hydroxyl groups is 2. The van der Waals surface area contributed by atoms with Gasteiger partial charge in [0.25, 0.3) is 0 Å². The SMILES string of the molecule is CC(C)C1CCC(C2NNC(NCC(C)(C)O)C3CNCCC32)C(O)C1. The van der Waals surface area contributed by atoms with E-state index in [1.807, 2.05) is 13.8 Å². The highest BCUT2D eigenvalue weighted by Crippen LogP contribution is 2.40. The molecule has 1 saturated carbocycles. The molecule has 26 heavy (non-hydrogen) atoms. The van der Waals surface area contributed by atoms with Crippen LogP contribution >= 0.6 is 0 Å². The molecular weight excluding hydrogens is 328 g/mol. The molecule has 152 valence electrons. The summed E-state index contributed by atoms with van der Waals surface area (Å²) in [7, 11) is 0. The van der Waals surface area contributed by atoms with Gasteiger partial charge in [-0.05, 0) is 63.8 Å². The summed E-state index contributed by atoms with van der Waals surface area (Å²) in [6.45, 7) is 10.8. The summed E-state index contributed by atoms with van der Waals surface area (Å²) in [4.78, 5) is 0. The van der Waals surface area contributed by atoms with E-state index in [1.54, 1.807) is 0 Å². The van der Waals surface area contributed by atoms with E-state index in [1.165, 1.54) is 6.42 Å². The van der Waals surface area contributed by atoms with Crippen LogP contribution in [0.25, 0.3) is 0 Å². The molecule has 0 aromatic heterocycles. The smallest absolute Gasteiger partial charge is 0.0749 e. The molecule has 7 atom stereocenters. The molecule has 0 aromatic rings. The molecule has 6 nitrogen and oxygen atoms in total. The maximum absolute atomic E-state index is 10.9. The summed E-state index contributed by atoms with van der Waals surface area (Å²) < 4.78 is 0. The Hall–Kier alpha value is -0.240. The van der Waals surface area contributed by atoms with Crippen LogP contribution in [-0.4, -0.2) is 53.8 Å². The minimum atomic E-state index is -0.721. The largest absolute Gasteiger partial charge is 0.393 e. The van der Waals surface area contributed by atoms with Crippen LogP contribution in [0.1, 0.15) is 53.4 Å². The number of rotatable bonds is 5. The number of hydrogen-bond acceptors (Lipinski definition) is 6. The fourth-order valence-electron chi connectivity index (χ4n) is 5.33. The zero-order valence-corrected chi connectivity index (χ0v) is 17.0. The Morgan fingerprint density at radius 2 is 1.85 bits per heavy atom. The molecule has 6 N–H and O–H groups in total. The average Bonchev–Trinajstić information content (AvgIpc) is 2.59. The highest BCUT2D eigenvalue weighted by molar-refractivity contribution is 5.00. The summed E-state index contributed by atoms with van der Waals surface area (Å²) >= 11 is 0. The third-order valence-electron chi connectivity index (χ3n) is 6.95. The van der Waals surface area contributed by atoms with Gasteiger partial charge in [0.2, 0.25) is 0 Å². The summed E-state index contributed by atoms with van der Waals surface area (Å²) in [5.74, 6) is 2.66. The minimum Gasteiger partial charge on any atom is -0.393 e. The molecule has 7 unspecified atom stereocenters. The van der Waals surface area contributed by atoms with Crippen molar-refractivity contribution >= 4 is 0 Å². The van der Waals surface area contributed by atoms with Crippen molar-refractivity contribution in [3.8, 4) is 0 Å². The van der Waals surface area contributed by atoms with E-state index < -0.39 is 5.60 Å². The van der Waals surface area contributed by atoms with Gasteiger partial charge in [-0.1, -0.05) is 13.8 Å². The Balaban J connectivity index is 1.65. The Labute approximate surface area is 158 Å². The molecule has 2 heterocycles. The molecule has 0 amide bonds. The predicted octanol–water partition coefficient (Wildman–Crippen LogP) is 0.808. The van der Waals surface area contributed by atoms with Crippen molar-refractivity contribution in [2.75, 3.05) is 19.6 Å². The van der Waals surface area contributed by atoms with Gasteiger partial charge in [-0.15, -0.1) is 0 Å². The predicted molar refractivity (Wildman–Crippen MR) is 104 cm³/mol. The van der Waals surface area contributed by atoms with Gasteiger partial charge < -0.3 is 15.5 Å². The fraction of sp³-hybridized carbons (Fsp3) is 1.00. The van der Waals surface area contributed by atoms with Crippen LogP contribution < -0.4 is 21.5 Å². The van der Waals surface area contributed by atoms with Gasteiger partial charge in [-0.2, -0.15) is 0 Å². The first-order valence-corrected chi connectivity index (χ1v) is 10.6. The zero-order valence-electron chi connectivity index (χ0n) is 17.0. The first-order valence-electron chi connectivity index (χ1n) is 10.6. The Morgan fingerprint density at radius 1 is 1.08 bits per heavy atom. The third-order valence-corrected chi connectivity index (χ3v) is 6.95. The Morgan fingerprint density at radius 3 is 2.50 bits per heavy atom. The lowest BCUT2D eigenvalue weighted by Crippen LogP contribution is -2.71. The van der Waals surface area contributed by atoms with Crippen molar-refractivity contribution < 1.29 is 10.2 Å². The topological polar surface area (TPSA) is 88.6 Å². The molecule has 0 radical (unpaired) electrons. The van der Waals surface area contributed by atoms with E-state index >= 15 is 0 Å². The second kappa shape index (κ2) is 8.41. The highest BCUT2D eigenvalue weighted by Gasteiger charge is 2.46. The number of aliphatic hydroxyl groups excluding tert-OH is 1. The van der Waals surface area contributed by atoms with Gasteiger partial charge in [-0.3, -0.25) is 10.7 Å². The van der Waals surface area contributed by atoms with Crippen molar-refractivity contribution in [3.05, 3.63) is 0 Å². The minimum absolute atomic E-state index is 0.139. The van der Waals surface area contributed by atoms with Crippen LogP contribution in [-0.2, 0) is 0 Å². The molecule has 3 rings (SSSR count). The molecule has 0 spiro atoms. The number of hydrogen-bond donors (Lipinski definition) is 6. The first-order chi connectivity index (χ1) is 12.3. The number of piperidine rings is 1. The van der Waals surface area contributed by atoms with Crippen LogP contribution in [0, 0.1) is 29.6 Å². The maximum Gasteiger partial charge on any atom is 0.0749 e. The molecule has 3 fully saturated rings. The molecule has 1 aliphatic carbocycles. The molecule has 3 aliphatic rings. The number of hydrazine groups is 1. The molecule has 6 heteroatoms. The van der Waals surface area contributed by atoms with Crippen LogP contribution in [0.3, 0.4) is 0 Å².